The minimum Gasteiger partial charge on any atom is -0.378 e. The van der Waals surface area contributed by atoms with Crippen LogP contribution in [0.4, 0.5) is 0 Å². The number of aromatic amines is 2. The number of halogens is 1. The van der Waals surface area contributed by atoms with E-state index in [1.54, 1.807) is 0 Å². The van der Waals surface area contributed by atoms with E-state index in [2.05, 4.69) is 25.9 Å². The van der Waals surface area contributed by atoms with Gasteiger partial charge in [0.2, 0.25) is 0 Å². The first-order chi connectivity index (χ1) is 8.72. The van der Waals surface area contributed by atoms with E-state index in [4.69, 9.17) is 4.74 Å². The minimum absolute atomic E-state index is 0.160. The van der Waals surface area contributed by atoms with Crippen LogP contribution in [-0.4, -0.2) is 22.7 Å². The maximum atomic E-state index is 11.2. The fourth-order valence-corrected chi connectivity index (χ4v) is 3.14. The number of H-pyrrole nitrogens is 2. The zero-order chi connectivity index (χ0) is 12.5. The number of rotatable bonds is 3. The van der Waals surface area contributed by atoms with Gasteiger partial charge in [-0.05, 0) is 37.0 Å². The Hall–Kier alpha value is -1.07. The molecule has 2 N–H and O–H groups in total. The molecule has 1 saturated heterocycles. The van der Waals surface area contributed by atoms with Crippen molar-refractivity contribution in [2.24, 2.45) is 0 Å². The van der Waals surface area contributed by atoms with E-state index >= 15 is 0 Å². The molecule has 96 valence electrons. The van der Waals surface area contributed by atoms with Gasteiger partial charge in [-0.1, -0.05) is 22.0 Å². The van der Waals surface area contributed by atoms with Gasteiger partial charge in [0, 0.05) is 11.4 Å². The highest BCUT2D eigenvalue weighted by molar-refractivity contribution is 9.09. The number of benzene rings is 1. The van der Waals surface area contributed by atoms with Gasteiger partial charge in [-0.15, -0.1) is 0 Å². The molecule has 1 aromatic carbocycles. The Morgan fingerprint density at radius 2 is 2.22 bits per heavy atom. The molecule has 3 rings (SSSR count). The summed E-state index contributed by atoms with van der Waals surface area (Å²) in [6, 6.07) is 5.99. The SMILES string of the molecule is O=c1[nH]c2ccc(C(Br)CC3CCCO3)cc2[nH]1. The number of alkyl halides is 1. The Labute approximate surface area is 113 Å². The normalized spacial score (nSPS) is 21.5. The maximum absolute atomic E-state index is 11.2. The fourth-order valence-electron chi connectivity index (χ4n) is 2.44. The standard InChI is InChI=1S/C13H15BrN2O2/c14-10(7-9-2-1-5-18-9)8-3-4-11-12(6-8)16-13(17)15-11/h3-4,6,9-10H,1-2,5,7H2,(H2,15,16,17). The zero-order valence-electron chi connectivity index (χ0n) is 9.91. The van der Waals surface area contributed by atoms with Crippen molar-refractivity contribution in [2.45, 2.75) is 30.2 Å². The van der Waals surface area contributed by atoms with Crippen molar-refractivity contribution in [2.75, 3.05) is 6.61 Å². The number of hydrogen-bond donors (Lipinski definition) is 2. The van der Waals surface area contributed by atoms with Gasteiger partial charge in [0.05, 0.1) is 17.1 Å². The Balaban J connectivity index is 1.81. The number of ether oxygens (including phenoxy) is 1. The van der Waals surface area contributed by atoms with Crippen LogP contribution < -0.4 is 5.69 Å². The van der Waals surface area contributed by atoms with Crippen LogP contribution in [0.15, 0.2) is 23.0 Å². The van der Waals surface area contributed by atoms with E-state index in [1.165, 1.54) is 5.56 Å². The lowest BCUT2D eigenvalue weighted by Crippen LogP contribution is -2.07. The molecule has 0 aliphatic carbocycles. The summed E-state index contributed by atoms with van der Waals surface area (Å²) in [4.78, 5) is 17.0. The first-order valence-corrected chi connectivity index (χ1v) is 7.11. The van der Waals surface area contributed by atoms with Crippen molar-refractivity contribution in [1.29, 1.82) is 0 Å². The van der Waals surface area contributed by atoms with Crippen LogP contribution >= 0.6 is 15.9 Å². The van der Waals surface area contributed by atoms with Gasteiger partial charge in [0.15, 0.2) is 0 Å². The van der Waals surface area contributed by atoms with Crippen molar-refractivity contribution < 1.29 is 4.74 Å². The number of imidazole rings is 1. The highest BCUT2D eigenvalue weighted by Gasteiger charge is 2.20. The number of nitrogens with one attached hydrogen (secondary N) is 2. The topological polar surface area (TPSA) is 57.9 Å². The maximum Gasteiger partial charge on any atom is 0.323 e. The summed E-state index contributed by atoms with van der Waals surface area (Å²) in [6.07, 6.45) is 3.63. The third-order valence-electron chi connectivity index (χ3n) is 3.40. The van der Waals surface area contributed by atoms with E-state index in [-0.39, 0.29) is 10.5 Å². The first-order valence-electron chi connectivity index (χ1n) is 6.20. The average molecular weight is 311 g/mol. The highest BCUT2D eigenvalue weighted by atomic mass is 79.9. The lowest BCUT2D eigenvalue weighted by atomic mass is 10.0. The summed E-state index contributed by atoms with van der Waals surface area (Å²) in [7, 11) is 0. The smallest absolute Gasteiger partial charge is 0.323 e. The number of fused-ring (bicyclic) bond motifs is 1. The summed E-state index contributed by atoms with van der Waals surface area (Å²) >= 11 is 3.71. The molecule has 0 radical (unpaired) electrons. The summed E-state index contributed by atoms with van der Waals surface area (Å²) < 4.78 is 5.64. The van der Waals surface area contributed by atoms with Crippen molar-refractivity contribution in [3.63, 3.8) is 0 Å². The van der Waals surface area contributed by atoms with Gasteiger partial charge in [-0.25, -0.2) is 4.79 Å². The predicted octanol–water partition coefficient (Wildman–Crippen LogP) is 2.86. The monoisotopic (exact) mass is 310 g/mol. The third kappa shape index (κ3) is 2.37. The van der Waals surface area contributed by atoms with Gasteiger partial charge in [0.1, 0.15) is 0 Å². The predicted molar refractivity (Wildman–Crippen MR) is 74.2 cm³/mol. The van der Waals surface area contributed by atoms with Gasteiger partial charge in [-0.3, -0.25) is 0 Å². The van der Waals surface area contributed by atoms with Crippen molar-refractivity contribution in [3.05, 3.63) is 34.2 Å². The molecule has 0 spiro atoms. The summed E-state index contributed by atoms with van der Waals surface area (Å²) in [5.41, 5.74) is 2.72. The first kappa shape index (κ1) is 12.0. The molecule has 1 fully saturated rings. The van der Waals surface area contributed by atoms with Crippen LogP contribution in [-0.2, 0) is 4.74 Å². The molecule has 18 heavy (non-hydrogen) atoms. The van der Waals surface area contributed by atoms with Crippen molar-refractivity contribution in [3.8, 4) is 0 Å². The van der Waals surface area contributed by atoms with E-state index in [1.807, 2.05) is 18.2 Å². The molecular formula is C13H15BrN2O2. The quantitative estimate of drug-likeness (QED) is 0.856. The second kappa shape index (κ2) is 4.90. The van der Waals surface area contributed by atoms with Crippen LogP contribution in [0.1, 0.15) is 29.7 Å². The zero-order valence-corrected chi connectivity index (χ0v) is 11.5. The van der Waals surface area contributed by atoms with Gasteiger partial charge in [0.25, 0.3) is 0 Å². The largest absolute Gasteiger partial charge is 0.378 e. The molecule has 0 saturated carbocycles. The van der Waals surface area contributed by atoms with Gasteiger partial charge >= 0.3 is 5.69 Å². The van der Waals surface area contributed by atoms with Crippen molar-refractivity contribution >= 4 is 27.0 Å². The fraction of sp³-hybridized carbons (Fsp3) is 0.462. The Morgan fingerprint density at radius 1 is 1.39 bits per heavy atom. The van der Waals surface area contributed by atoms with Crippen LogP contribution in [0.3, 0.4) is 0 Å². The van der Waals surface area contributed by atoms with Gasteiger partial charge < -0.3 is 14.7 Å². The molecule has 2 heterocycles. The molecule has 2 aromatic rings. The average Bonchev–Trinajstić information content (AvgIpc) is 2.95. The van der Waals surface area contributed by atoms with E-state index in [0.717, 1.165) is 36.9 Å². The molecule has 0 amide bonds. The lowest BCUT2D eigenvalue weighted by molar-refractivity contribution is 0.104. The summed E-state index contributed by atoms with van der Waals surface area (Å²) in [6.45, 7) is 0.883. The van der Waals surface area contributed by atoms with E-state index in [0.29, 0.717) is 6.10 Å². The Bertz CT molecular complexity index is 598. The van der Waals surface area contributed by atoms with Crippen LogP contribution in [0.5, 0.6) is 0 Å². The second-order valence-electron chi connectivity index (χ2n) is 4.72. The number of hydrogen-bond acceptors (Lipinski definition) is 2. The minimum atomic E-state index is -0.160. The third-order valence-corrected chi connectivity index (χ3v) is 4.30. The highest BCUT2D eigenvalue weighted by Crippen LogP contribution is 2.32. The number of aromatic nitrogens is 2. The van der Waals surface area contributed by atoms with Crippen molar-refractivity contribution in [1.82, 2.24) is 9.97 Å². The molecule has 1 aliphatic heterocycles. The summed E-state index contributed by atoms with van der Waals surface area (Å²) in [5.74, 6) is 0. The molecule has 0 bridgehead atoms. The summed E-state index contributed by atoms with van der Waals surface area (Å²) in [5, 5.41) is 0. The van der Waals surface area contributed by atoms with E-state index < -0.39 is 0 Å². The molecular weight excluding hydrogens is 296 g/mol. The molecule has 2 atom stereocenters. The van der Waals surface area contributed by atoms with Crippen LogP contribution in [0.2, 0.25) is 0 Å². The van der Waals surface area contributed by atoms with Crippen LogP contribution in [0, 0.1) is 0 Å². The van der Waals surface area contributed by atoms with Crippen LogP contribution in [0.25, 0.3) is 11.0 Å². The molecule has 2 unspecified atom stereocenters. The second-order valence-corrected chi connectivity index (χ2v) is 5.83. The molecule has 1 aromatic heterocycles. The Kier molecular flexibility index (Phi) is 3.26. The van der Waals surface area contributed by atoms with Gasteiger partial charge in [-0.2, -0.15) is 0 Å². The molecule has 1 aliphatic rings. The van der Waals surface area contributed by atoms with E-state index in [9.17, 15) is 4.79 Å². The molecule has 5 heteroatoms. The Morgan fingerprint density at radius 3 is 3.00 bits per heavy atom. The lowest BCUT2D eigenvalue weighted by Gasteiger charge is -2.15. The molecule has 4 nitrogen and oxygen atoms in total.